The second-order valence-corrected chi connectivity index (χ2v) is 13.2. The number of ether oxygens (including phenoxy) is 2. The van der Waals surface area contributed by atoms with Crippen molar-refractivity contribution in [3.63, 3.8) is 0 Å². The summed E-state index contributed by atoms with van der Waals surface area (Å²) < 4.78 is 11.1. The first kappa shape index (κ1) is 24.8. The van der Waals surface area contributed by atoms with Crippen molar-refractivity contribution < 1.29 is 19.1 Å². The molecule has 3 saturated carbocycles. The highest BCUT2D eigenvalue weighted by Gasteiger charge is 2.72. The fourth-order valence-electron chi connectivity index (χ4n) is 10.0. The largest absolute Gasteiger partial charge is 0.469 e. The lowest BCUT2D eigenvalue weighted by Gasteiger charge is -2.69. The molecular weight excluding hydrogens is 412 g/mol. The maximum absolute atomic E-state index is 12.2. The van der Waals surface area contributed by atoms with E-state index in [9.17, 15) is 9.59 Å². The molecule has 4 aliphatic rings. The number of hydrogen-bond acceptors (Lipinski definition) is 4. The predicted molar refractivity (Wildman–Crippen MR) is 130 cm³/mol. The van der Waals surface area contributed by atoms with Gasteiger partial charge in [-0.3, -0.25) is 9.59 Å². The lowest BCUT2D eigenvalue weighted by molar-refractivity contribution is -0.214. The quantitative estimate of drug-likeness (QED) is 0.333. The van der Waals surface area contributed by atoms with Gasteiger partial charge in [0.25, 0.3) is 0 Å². The Morgan fingerprint density at radius 1 is 1.00 bits per heavy atom. The fraction of sp³-hybridized carbons (Fsp3) is 0.862. The van der Waals surface area contributed by atoms with E-state index in [0.29, 0.717) is 30.6 Å². The number of carbonyl (C=O) groups is 2. The number of methoxy groups -OCH3 is 1. The van der Waals surface area contributed by atoms with Crippen molar-refractivity contribution in [1.29, 1.82) is 0 Å². The van der Waals surface area contributed by atoms with Gasteiger partial charge in [-0.15, -0.1) is 0 Å². The van der Waals surface area contributed by atoms with Crippen LogP contribution >= 0.6 is 0 Å². The monoisotopic (exact) mass is 458 g/mol. The van der Waals surface area contributed by atoms with Crippen molar-refractivity contribution in [1.82, 2.24) is 0 Å². The summed E-state index contributed by atoms with van der Waals surface area (Å²) in [6, 6.07) is 0. The van der Waals surface area contributed by atoms with E-state index < -0.39 is 0 Å². The molecule has 0 aromatic carbocycles. The molecule has 4 heteroatoms. The number of hydrogen-bond donors (Lipinski definition) is 0. The number of fused-ring (bicyclic) bond motifs is 3. The van der Waals surface area contributed by atoms with Crippen molar-refractivity contribution in [3.8, 4) is 0 Å². The van der Waals surface area contributed by atoms with Crippen LogP contribution in [0.25, 0.3) is 0 Å². The van der Waals surface area contributed by atoms with Crippen LogP contribution in [-0.2, 0) is 19.1 Å². The number of cyclic esters (lactones) is 1. The zero-order valence-electron chi connectivity index (χ0n) is 22.1. The lowest BCUT2D eigenvalue weighted by atomic mass is 9.35. The predicted octanol–water partition coefficient (Wildman–Crippen LogP) is 6.87. The average Bonchev–Trinajstić information content (AvgIpc) is 3.23. The van der Waals surface area contributed by atoms with E-state index in [0.717, 1.165) is 32.1 Å². The molecule has 8 unspecified atom stereocenters. The lowest BCUT2D eigenvalue weighted by Crippen LogP contribution is -2.63. The van der Waals surface area contributed by atoms with Crippen LogP contribution in [0.15, 0.2) is 12.2 Å². The Balaban J connectivity index is 1.72. The van der Waals surface area contributed by atoms with Gasteiger partial charge in [0.1, 0.15) is 5.60 Å². The molecule has 1 heterocycles. The Labute approximate surface area is 201 Å². The summed E-state index contributed by atoms with van der Waals surface area (Å²) in [6.07, 6.45) is 9.78. The first-order valence-corrected chi connectivity index (χ1v) is 13.2. The van der Waals surface area contributed by atoms with Crippen LogP contribution in [-0.4, -0.2) is 24.6 Å². The van der Waals surface area contributed by atoms with E-state index >= 15 is 0 Å². The zero-order chi connectivity index (χ0) is 24.4. The molecule has 8 atom stereocenters. The minimum atomic E-state index is -0.324. The third-order valence-electron chi connectivity index (χ3n) is 12.1. The average molecular weight is 459 g/mol. The number of rotatable bonds is 5. The van der Waals surface area contributed by atoms with Gasteiger partial charge in [0.2, 0.25) is 0 Å². The molecule has 0 radical (unpaired) electrons. The summed E-state index contributed by atoms with van der Waals surface area (Å²) in [6.45, 7) is 18.8. The number of allylic oxidation sites excluding steroid dienone is 1. The van der Waals surface area contributed by atoms with E-state index in [1.54, 1.807) is 0 Å². The first-order chi connectivity index (χ1) is 15.3. The highest BCUT2D eigenvalue weighted by Crippen LogP contribution is 2.78. The minimum absolute atomic E-state index is 0.0213. The fourth-order valence-corrected chi connectivity index (χ4v) is 10.0. The van der Waals surface area contributed by atoms with Crippen LogP contribution in [0.5, 0.6) is 0 Å². The van der Waals surface area contributed by atoms with Crippen LogP contribution < -0.4 is 0 Å². The van der Waals surface area contributed by atoms with E-state index in [1.165, 1.54) is 31.9 Å². The van der Waals surface area contributed by atoms with Crippen LogP contribution in [0.1, 0.15) is 106 Å². The van der Waals surface area contributed by atoms with Crippen LogP contribution in [0, 0.1) is 39.4 Å². The molecule has 1 saturated heterocycles. The Morgan fingerprint density at radius 2 is 1.61 bits per heavy atom. The highest BCUT2D eigenvalue weighted by molar-refractivity contribution is 5.72. The molecule has 186 valence electrons. The zero-order valence-corrected chi connectivity index (χ0v) is 22.1. The van der Waals surface area contributed by atoms with Gasteiger partial charge in [-0.1, -0.05) is 39.8 Å². The molecule has 0 N–H and O–H groups in total. The van der Waals surface area contributed by atoms with Crippen molar-refractivity contribution in [3.05, 3.63) is 12.2 Å². The SMILES string of the molecule is C=C(C)C1CCC2(C)C(CCC3(C)C(C4(C)CCC(=O)O4)CCC32C)C1(C)CCC(=O)OC. The summed E-state index contributed by atoms with van der Waals surface area (Å²) in [4.78, 5) is 24.3. The molecule has 33 heavy (non-hydrogen) atoms. The van der Waals surface area contributed by atoms with Crippen LogP contribution in [0.2, 0.25) is 0 Å². The van der Waals surface area contributed by atoms with Gasteiger partial charge in [0.05, 0.1) is 7.11 Å². The standard InChI is InChI=1S/C29H46O4/c1-19(2)20-9-15-26(4)21(25(20,3)14-12-23(30)32-8)10-16-27(5)22(11-18-29(26,27)7)28(6)17-13-24(31)33-28/h20-22H,1,9-18H2,2-8H3. The first-order valence-electron chi connectivity index (χ1n) is 13.2. The Morgan fingerprint density at radius 3 is 2.18 bits per heavy atom. The summed E-state index contributed by atoms with van der Waals surface area (Å²) in [5, 5.41) is 0. The maximum atomic E-state index is 12.2. The van der Waals surface area contributed by atoms with Gasteiger partial charge < -0.3 is 9.47 Å². The molecule has 4 nitrogen and oxygen atoms in total. The third kappa shape index (κ3) is 3.28. The number of esters is 2. The van der Waals surface area contributed by atoms with Crippen molar-refractivity contribution >= 4 is 11.9 Å². The van der Waals surface area contributed by atoms with Gasteiger partial charge >= 0.3 is 11.9 Å². The maximum Gasteiger partial charge on any atom is 0.306 e. The molecule has 0 amide bonds. The van der Waals surface area contributed by atoms with Crippen molar-refractivity contribution in [2.75, 3.05) is 7.11 Å². The number of carbonyl (C=O) groups excluding carboxylic acids is 2. The Hall–Kier alpha value is -1.32. The van der Waals surface area contributed by atoms with Gasteiger partial charge in [-0.2, -0.15) is 0 Å². The molecule has 0 aromatic heterocycles. The molecule has 0 spiro atoms. The van der Waals surface area contributed by atoms with Crippen LogP contribution in [0.4, 0.5) is 0 Å². The topological polar surface area (TPSA) is 52.6 Å². The van der Waals surface area contributed by atoms with Crippen molar-refractivity contribution in [2.45, 2.75) is 111 Å². The summed E-state index contributed by atoms with van der Waals surface area (Å²) in [7, 11) is 1.49. The Bertz CT molecular complexity index is 849. The normalized spacial score (nSPS) is 49.2. The molecule has 1 aliphatic heterocycles. The van der Waals surface area contributed by atoms with E-state index in [-0.39, 0.29) is 39.2 Å². The van der Waals surface area contributed by atoms with Gasteiger partial charge in [-0.05, 0) is 98.7 Å². The smallest absolute Gasteiger partial charge is 0.306 e. The minimum Gasteiger partial charge on any atom is -0.469 e. The van der Waals surface area contributed by atoms with Gasteiger partial charge in [0.15, 0.2) is 0 Å². The van der Waals surface area contributed by atoms with E-state index in [4.69, 9.17) is 9.47 Å². The molecule has 4 rings (SSSR count). The van der Waals surface area contributed by atoms with Gasteiger partial charge in [0, 0.05) is 18.8 Å². The Kier molecular flexibility index (Phi) is 5.90. The molecule has 0 aromatic rings. The second kappa shape index (κ2) is 7.85. The van der Waals surface area contributed by atoms with Crippen molar-refractivity contribution in [2.24, 2.45) is 39.4 Å². The molecule has 4 fully saturated rings. The molecular formula is C29H46O4. The summed E-state index contributed by atoms with van der Waals surface area (Å²) in [5.41, 5.74) is 1.49. The second-order valence-electron chi connectivity index (χ2n) is 13.2. The van der Waals surface area contributed by atoms with E-state index in [2.05, 4.69) is 48.1 Å². The van der Waals surface area contributed by atoms with Crippen LogP contribution in [0.3, 0.4) is 0 Å². The molecule has 3 aliphatic carbocycles. The summed E-state index contributed by atoms with van der Waals surface area (Å²) >= 11 is 0. The summed E-state index contributed by atoms with van der Waals surface area (Å²) in [5.74, 6) is 1.28. The van der Waals surface area contributed by atoms with E-state index in [1.807, 2.05) is 0 Å². The molecule has 0 bridgehead atoms. The highest BCUT2D eigenvalue weighted by atomic mass is 16.6. The van der Waals surface area contributed by atoms with Gasteiger partial charge in [-0.25, -0.2) is 0 Å². The third-order valence-corrected chi connectivity index (χ3v) is 12.1.